The van der Waals surface area contributed by atoms with E-state index in [0.717, 1.165) is 27.9 Å². The van der Waals surface area contributed by atoms with Gasteiger partial charge < -0.3 is 22.6 Å². The van der Waals surface area contributed by atoms with Gasteiger partial charge in [0.2, 0.25) is 5.89 Å². The van der Waals surface area contributed by atoms with Crippen molar-refractivity contribution in [2.75, 3.05) is 0 Å². The molecule has 9 nitrogen and oxygen atoms in total. The van der Waals surface area contributed by atoms with Crippen molar-refractivity contribution in [1.29, 1.82) is 0 Å². The molecule has 30 heavy (non-hydrogen) atoms. The lowest BCUT2D eigenvalue weighted by atomic mass is 10.1. The Hall–Kier alpha value is -3.44. The SMILES string of the molecule is Cc1c(-c2n[nH]c(=S)o2)c2cc(OCc3n[nH]c(=S)o3)ccc2n1Cc1ccco1. The zero-order valence-corrected chi connectivity index (χ0v) is 17.3. The number of benzene rings is 1. The van der Waals surface area contributed by atoms with Crippen molar-refractivity contribution in [3.63, 3.8) is 0 Å². The number of hydrogen-bond acceptors (Lipinski definition) is 8. The average molecular weight is 441 g/mol. The van der Waals surface area contributed by atoms with E-state index in [-0.39, 0.29) is 16.3 Å². The van der Waals surface area contributed by atoms with Gasteiger partial charge in [-0.05, 0) is 61.7 Å². The predicted octanol–water partition coefficient (Wildman–Crippen LogP) is 4.93. The minimum absolute atomic E-state index is 0.142. The first-order chi connectivity index (χ1) is 14.6. The second-order valence-corrected chi connectivity index (χ2v) is 7.26. The molecule has 0 spiro atoms. The molecule has 5 rings (SSSR count). The van der Waals surface area contributed by atoms with Crippen molar-refractivity contribution in [2.24, 2.45) is 0 Å². The molecular weight excluding hydrogens is 426 g/mol. The van der Waals surface area contributed by atoms with Crippen LogP contribution in [0, 0.1) is 16.6 Å². The fraction of sp³-hybridized carbons (Fsp3) is 0.158. The Labute approximate surface area is 179 Å². The Balaban J connectivity index is 1.59. The molecule has 1 aromatic carbocycles. The topological polar surface area (TPSA) is 111 Å². The molecule has 4 aromatic heterocycles. The van der Waals surface area contributed by atoms with Crippen molar-refractivity contribution >= 4 is 35.3 Å². The third-order valence-electron chi connectivity index (χ3n) is 4.69. The summed E-state index contributed by atoms with van der Waals surface area (Å²) in [7, 11) is 0. The van der Waals surface area contributed by atoms with Crippen LogP contribution in [-0.4, -0.2) is 25.0 Å². The van der Waals surface area contributed by atoms with Gasteiger partial charge in [-0.1, -0.05) is 0 Å². The molecule has 0 amide bonds. The van der Waals surface area contributed by atoms with Gasteiger partial charge in [-0.2, -0.15) is 0 Å². The first-order valence-electron chi connectivity index (χ1n) is 8.97. The zero-order valence-electron chi connectivity index (χ0n) is 15.7. The summed E-state index contributed by atoms with van der Waals surface area (Å²) in [6.07, 6.45) is 1.66. The lowest BCUT2D eigenvalue weighted by Gasteiger charge is -2.07. The number of fused-ring (bicyclic) bond motifs is 1. The van der Waals surface area contributed by atoms with E-state index in [0.29, 0.717) is 24.1 Å². The van der Waals surface area contributed by atoms with Crippen LogP contribution in [0.15, 0.2) is 49.8 Å². The van der Waals surface area contributed by atoms with Crippen molar-refractivity contribution < 1.29 is 18.0 Å². The Morgan fingerprint density at radius 1 is 1.10 bits per heavy atom. The van der Waals surface area contributed by atoms with Crippen LogP contribution in [0.4, 0.5) is 0 Å². The summed E-state index contributed by atoms with van der Waals surface area (Å²) in [4.78, 5) is 0.417. The highest BCUT2D eigenvalue weighted by molar-refractivity contribution is 7.71. The maximum atomic E-state index is 5.83. The van der Waals surface area contributed by atoms with Crippen LogP contribution in [0.3, 0.4) is 0 Å². The molecule has 0 radical (unpaired) electrons. The summed E-state index contributed by atoms with van der Waals surface area (Å²) in [5.41, 5.74) is 2.76. The number of rotatable bonds is 6. The van der Waals surface area contributed by atoms with Gasteiger partial charge in [0.25, 0.3) is 15.6 Å². The number of nitrogens with zero attached hydrogens (tertiary/aromatic N) is 3. The highest BCUT2D eigenvalue weighted by Gasteiger charge is 2.21. The number of H-pyrrole nitrogens is 2. The summed E-state index contributed by atoms with van der Waals surface area (Å²) >= 11 is 9.95. The third-order valence-corrected chi connectivity index (χ3v) is 5.03. The second-order valence-electron chi connectivity index (χ2n) is 6.52. The van der Waals surface area contributed by atoms with Gasteiger partial charge in [0.15, 0.2) is 6.61 Å². The summed E-state index contributed by atoms with van der Waals surface area (Å²) in [6, 6.07) is 9.58. The molecular formula is C19H15N5O4S2. The van der Waals surface area contributed by atoms with E-state index in [2.05, 4.69) is 25.0 Å². The van der Waals surface area contributed by atoms with Crippen molar-refractivity contribution in [2.45, 2.75) is 20.1 Å². The standard InChI is InChI=1S/C19H15N5O4S2/c1-10-16(17-21-23-19(30)28-17)13-7-11(26-9-15-20-22-18(29)27-15)4-5-14(13)24(10)8-12-3-2-6-25-12/h2-7H,8-9H2,1H3,(H,22,29)(H,23,30). The van der Waals surface area contributed by atoms with Gasteiger partial charge in [-0.15, -0.1) is 10.2 Å². The minimum Gasteiger partial charge on any atom is -0.484 e. The number of nitrogens with one attached hydrogen (secondary N) is 2. The first kappa shape index (κ1) is 18.6. The molecule has 0 saturated carbocycles. The normalized spacial score (nSPS) is 11.4. The zero-order chi connectivity index (χ0) is 20.7. The third kappa shape index (κ3) is 3.37. The summed E-state index contributed by atoms with van der Waals surface area (Å²) in [6.45, 7) is 2.71. The summed E-state index contributed by atoms with van der Waals surface area (Å²) in [5, 5.41) is 14.3. The second kappa shape index (κ2) is 7.43. The van der Waals surface area contributed by atoms with Crippen LogP contribution >= 0.6 is 24.4 Å². The molecule has 0 unspecified atom stereocenters. The monoisotopic (exact) mass is 441 g/mol. The quantitative estimate of drug-likeness (QED) is 0.357. The van der Waals surface area contributed by atoms with E-state index in [9.17, 15) is 0 Å². The predicted molar refractivity (Wildman–Crippen MR) is 111 cm³/mol. The Morgan fingerprint density at radius 3 is 2.63 bits per heavy atom. The number of hydrogen-bond donors (Lipinski definition) is 2. The van der Waals surface area contributed by atoms with E-state index >= 15 is 0 Å². The average Bonchev–Trinajstić information content (AvgIpc) is 3.51. The minimum atomic E-state index is 0.142. The van der Waals surface area contributed by atoms with Gasteiger partial charge in [-0.25, -0.2) is 10.2 Å². The molecule has 0 aliphatic rings. The Bertz CT molecular complexity index is 1440. The lowest BCUT2D eigenvalue weighted by Crippen LogP contribution is -2.01. The van der Waals surface area contributed by atoms with E-state index < -0.39 is 0 Å². The summed E-state index contributed by atoms with van der Waals surface area (Å²) < 4.78 is 24.4. The van der Waals surface area contributed by atoms with Crippen LogP contribution in [0.25, 0.3) is 22.4 Å². The van der Waals surface area contributed by atoms with E-state index in [1.807, 2.05) is 37.3 Å². The number of aromatic amines is 2. The fourth-order valence-corrected chi connectivity index (χ4v) is 3.65. The summed E-state index contributed by atoms with van der Waals surface area (Å²) in [5.74, 6) is 2.25. The van der Waals surface area contributed by atoms with Crippen LogP contribution in [-0.2, 0) is 13.2 Å². The molecule has 0 saturated heterocycles. The van der Waals surface area contributed by atoms with Crippen molar-refractivity contribution in [1.82, 2.24) is 25.0 Å². The largest absolute Gasteiger partial charge is 0.484 e. The van der Waals surface area contributed by atoms with E-state index in [1.165, 1.54) is 0 Å². The van der Waals surface area contributed by atoms with E-state index in [1.54, 1.807) is 6.26 Å². The molecule has 0 bridgehead atoms. The lowest BCUT2D eigenvalue weighted by molar-refractivity contribution is 0.262. The Kier molecular flexibility index (Phi) is 4.60. The Morgan fingerprint density at radius 2 is 1.93 bits per heavy atom. The fourth-order valence-electron chi connectivity index (χ4n) is 3.39. The van der Waals surface area contributed by atoms with Crippen molar-refractivity contribution in [3.05, 3.63) is 63.6 Å². The van der Waals surface area contributed by atoms with E-state index in [4.69, 9.17) is 42.4 Å². The van der Waals surface area contributed by atoms with Gasteiger partial charge in [0, 0.05) is 16.6 Å². The van der Waals surface area contributed by atoms with Gasteiger partial charge in [0.05, 0.1) is 18.4 Å². The molecule has 0 aliphatic heterocycles. The molecule has 0 aliphatic carbocycles. The number of aromatic nitrogens is 5. The first-order valence-corrected chi connectivity index (χ1v) is 9.78. The van der Waals surface area contributed by atoms with Gasteiger partial charge in [0.1, 0.15) is 11.5 Å². The molecule has 11 heteroatoms. The highest BCUT2D eigenvalue weighted by Crippen LogP contribution is 2.36. The smallest absolute Gasteiger partial charge is 0.284 e. The van der Waals surface area contributed by atoms with Crippen LogP contribution in [0.2, 0.25) is 0 Å². The number of ether oxygens (including phenoxy) is 1. The molecule has 0 fully saturated rings. The van der Waals surface area contributed by atoms with Crippen LogP contribution in [0.1, 0.15) is 17.3 Å². The maximum Gasteiger partial charge on any atom is 0.284 e. The van der Waals surface area contributed by atoms with Crippen molar-refractivity contribution in [3.8, 4) is 17.2 Å². The number of furan rings is 1. The highest BCUT2D eigenvalue weighted by atomic mass is 32.1. The molecule has 152 valence electrons. The van der Waals surface area contributed by atoms with Gasteiger partial charge in [-0.3, -0.25) is 0 Å². The molecule has 2 N–H and O–H groups in total. The molecule has 5 aromatic rings. The molecule has 4 heterocycles. The maximum absolute atomic E-state index is 5.83. The van der Waals surface area contributed by atoms with Gasteiger partial charge >= 0.3 is 0 Å². The van der Waals surface area contributed by atoms with Crippen LogP contribution < -0.4 is 4.74 Å². The molecule has 0 atom stereocenters. The van der Waals surface area contributed by atoms with Crippen LogP contribution in [0.5, 0.6) is 5.75 Å².